The van der Waals surface area contributed by atoms with E-state index in [1.165, 1.54) is 11.5 Å². The molecule has 0 N–H and O–H groups in total. The normalized spacial score (nSPS) is 13.6. The third-order valence-electron chi connectivity index (χ3n) is 5.06. The number of carbonyl (C=O) groups excluding carboxylic acids is 1. The highest BCUT2D eigenvalue weighted by molar-refractivity contribution is 5.78. The molecule has 0 amide bonds. The van der Waals surface area contributed by atoms with Crippen LogP contribution in [0.2, 0.25) is 0 Å². The molecule has 29 heavy (non-hydrogen) atoms. The van der Waals surface area contributed by atoms with E-state index >= 15 is 0 Å². The van der Waals surface area contributed by atoms with Gasteiger partial charge in [-0.25, -0.2) is 4.79 Å². The van der Waals surface area contributed by atoms with Gasteiger partial charge in [-0.15, -0.1) is 0 Å². The van der Waals surface area contributed by atoms with Crippen LogP contribution >= 0.6 is 0 Å². The summed E-state index contributed by atoms with van der Waals surface area (Å²) in [5.74, 6) is 1.15. The Bertz CT molecular complexity index is 1200. The zero-order valence-electron chi connectivity index (χ0n) is 16.7. The minimum atomic E-state index is -0.541. The molecule has 2 aromatic heterocycles. The van der Waals surface area contributed by atoms with E-state index in [1.54, 1.807) is 7.05 Å². The topological polar surface area (TPSA) is 91.4 Å². The zero-order chi connectivity index (χ0) is 20.7. The van der Waals surface area contributed by atoms with Crippen LogP contribution in [-0.4, -0.2) is 37.6 Å². The van der Waals surface area contributed by atoms with Crippen molar-refractivity contribution < 1.29 is 9.53 Å². The highest BCUT2D eigenvalue weighted by atomic mass is 16.5. The van der Waals surface area contributed by atoms with E-state index in [2.05, 4.69) is 4.98 Å². The third-order valence-corrected chi connectivity index (χ3v) is 5.06. The number of aryl methyl sites for hydroxylation is 2. The summed E-state index contributed by atoms with van der Waals surface area (Å²) in [5.41, 5.74) is 0.580. The van der Waals surface area contributed by atoms with Gasteiger partial charge >= 0.3 is 5.69 Å². The molecule has 3 aromatic rings. The molecular formula is C20H23N5O4. The second-order valence-electron chi connectivity index (χ2n) is 7.10. The van der Waals surface area contributed by atoms with Crippen molar-refractivity contribution in [3.63, 3.8) is 0 Å². The van der Waals surface area contributed by atoms with E-state index < -0.39 is 11.2 Å². The number of nitrogens with zero attached hydrogens (tertiary/aromatic N) is 5. The molecule has 0 fully saturated rings. The van der Waals surface area contributed by atoms with Gasteiger partial charge in [-0.2, -0.15) is 4.98 Å². The quantitative estimate of drug-likeness (QED) is 0.647. The first-order valence-electron chi connectivity index (χ1n) is 9.62. The van der Waals surface area contributed by atoms with Gasteiger partial charge in [-0.05, 0) is 44.5 Å². The molecular weight excluding hydrogens is 374 g/mol. The molecule has 0 spiro atoms. The molecule has 4 rings (SSSR count). The van der Waals surface area contributed by atoms with Crippen molar-refractivity contribution in [1.29, 1.82) is 0 Å². The van der Waals surface area contributed by atoms with Gasteiger partial charge in [0.05, 0.1) is 13.2 Å². The summed E-state index contributed by atoms with van der Waals surface area (Å²) in [5, 5.41) is 0. The Hall–Kier alpha value is -3.36. The number of rotatable bonds is 5. The lowest BCUT2D eigenvalue weighted by Gasteiger charge is -2.29. The molecule has 0 saturated heterocycles. The molecule has 0 radical (unpaired) electrons. The van der Waals surface area contributed by atoms with Gasteiger partial charge in [0.1, 0.15) is 11.5 Å². The number of ether oxygens (including phenoxy) is 1. The Labute approximate surface area is 166 Å². The first-order chi connectivity index (χ1) is 13.9. The van der Waals surface area contributed by atoms with Crippen LogP contribution in [0.1, 0.15) is 20.3 Å². The van der Waals surface area contributed by atoms with Crippen molar-refractivity contribution in [3.05, 3.63) is 45.1 Å². The summed E-state index contributed by atoms with van der Waals surface area (Å²) in [6.07, 6.45) is 0.820. The Morgan fingerprint density at radius 3 is 2.55 bits per heavy atom. The third kappa shape index (κ3) is 3.12. The maximum absolute atomic E-state index is 13.0. The van der Waals surface area contributed by atoms with Gasteiger partial charge in [0.25, 0.3) is 5.56 Å². The number of anilines is 2. The van der Waals surface area contributed by atoms with Crippen LogP contribution in [0.15, 0.2) is 33.9 Å². The minimum absolute atomic E-state index is 0.245. The molecule has 9 nitrogen and oxygen atoms in total. The fraction of sp³-hybridized carbons (Fsp3) is 0.400. The molecule has 0 saturated carbocycles. The Kier molecular flexibility index (Phi) is 4.73. The Morgan fingerprint density at radius 2 is 1.90 bits per heavy atom. The lowest BCUT2D eigenvalue weighted by atomic mass is 10.2. The molecule has 9 heteroatoms. The van der Waals surface area contributed by atoms with E-state index in [0.717, 1.165) is 29.0 Å². The number of fused-ring (bicyclic) bond motifs is 3. The van der Waals surface area contributed by atoms with Crippen LogP contribution in [0, 0.1) is 0 Å². The summed E-state index contributed by atoms with van der Waals surface area (Å²) < 4.78 is 9.66. The molecule has 0 atom stereocenters. The van der Waals surface area contributed by atoms with Gasteiger partial charge in [0, 0.05) is 25.8 Å². The van der Waals surface area contributed by atoms with Crippen LogP contribution in [0.3, 0.4) is 0 Å². The second kappa shape index (κ2) is 7.23. The SMILES string of the molecule is CCOc1ccc(N2CCCn3c2nc2c3c(=O)n(CC(C)=O)c(=O)n2C)cc1. The number of hydrogen-bond donors (Lipinski definition) is 0. The number of carbonyl (C=O) groups is 1. The standard InChI is InChI=1S/C20H23N5O4/c1-4-29-15-8-6-14(7-9-15)23-10-5-11-24-16-17(21-19(23)24)22(3)20(28)25(18(16)27)12-13(2)26/h6-9H,4-5,10-12H2,1-3H3. The lowest BCUT2D eigenvalue weighted by Crippen LogP contribution is -2.41. The first-order valence-corrected chi connectivity index (χ1v) is 9.62. The fourth-order valence-corrected chi connectivity index (χ4v) is 3.76. The summed E-state index contributed by atoms with van der Waals surface area (Å²) in [6, 6.07) is 7.70. The van der Waals surface area contributed by atoms with Crippen molar-refractivity contribution in [2.45, 2.75) is 33.4 Å². The van der Waals surface area contributed by atoms with Crippen LogP contribution in [0.25, 0.3) is 11.2 Å². The van der Waals surface area contributed by atoms with Crippen LogP contribution in [-0.2, 0) is 24.9 Å². The fourth-order valence-electron chi connectivity index (χ4n) is 3.76. The van der Waals surface area contributed by atoms with Crippen LogP contribution < -0.4 is 20.9 Å². The largest absolute Gasteiger partial charge is 0.494 e. The van der Waals surface area contributed by atoms with Crippen molar-refractivity contribution >= 4 is 28.6 Å². The van der Waals surface area contributed by atoms with Gasteiger partial charge in [-0.3, -0.25) is 18.7 Å². The first kappa shape index (κ1) is 19.0. The number of aromatic nitrogens is 4. The van der Waals surface area contributed by atoms with Gasteiger partial charge in [-0.1, -0.05) is 0 Å². The summed E-state index contributed by atoms with van der Waals surface area (Å²) in [7, 11) is 1.57. The zero-order valence-corrected chi connectivity index (χ0v) is 16.7. The van der Waals surface area contributed by atoms with Crippen molar-refractivity contribution in [1.82, 2.24) is 18.7 Å². The molecule has 0 bridgehead atoms. The van der Waals surface area contributed by atoms with Crippen molar-refractivity contribution in [2.75, 3.05) is 18.1 Å². The highest BCUT2D eigenvalue weighted by Crippen LogP contribution is 2.31. The number of Topliss-reactive ketones (excluding diaryl/α,β-unsaturated/α-hetero) is 1. The number of ketones is 1. The average Bonchev–Trinajstić information content (AvgIpc) is 3.10. The van der Waals surface area contributed by atoms with E-state index in [4.69, 9.17) is 4.74 Å². The molecule has 152 valence electrons. The predicted octanol–water partition coefficient (Wildman–Crippen LogP) is 1.43. The molecule has 0 aliphatic carbocycles. The van der Waals surface area contributed by atoms with Crippen LogP contribution in [0.4, 0.5) is 11.6 Å². The minimum Gasteiger partial charge on any atom is -0.494 e. The van der Waals surface area contributed by atoms with Gasteiger partial charge < -0.3 is 14.2 Å². The van der Waals surface area contributed by atoms with E-state index in [0.29, 0.717) is 30.3 Å². The monoisotopic (exact) mass is 397 g/mol. The smallest absolute Gasteiger partial charge is 0.332 e. The number of hydrogen-bond acceptors (Lipinski definition) is 6. The Balaban J connectivity index is 1.88. The van der Waals surface area contributed by atoms with E-state index in [9.17, 15) is 14.4 Å². The lowest BCUT2D eigenvalue weighted by molar-refractivity contribution is -0.117. The molecule has 1 aliphatic heterocycles. The van der Waals surface area contributed by atoms with Crippen molar-refractivity contribution in [2.24, 2.45) is 7.05 Å². The molecule has 3 heterocycles. The molecule has 1 aliphatic rings. The highest BCUT2D eigenvalue weighted by Gasteiger charge is 2.27. The molecule has 1 aromatic carbocycles. The summed E-state index contributed by atoms with van der Waals surface area (Å²) >= 11 is 0. The predicted molar refractivity (Wildman–Crippen MR) is 109 cm³/mol. The number of imidazole rings is 1. The van der Waals surface area contributed by atoms with Gasteiger partial charge in [0.2, 0.25) is 5.95 Å². The van der Waals surface area contributed by atoms with E-state index in [-0.39, 0.29) is 12.3 Å². The second-order valence-corrected chi connectivity index (χ2v) is 7.10. The van der Waals surface area contributed by atoms with Gasteiger partial charge in [0.15, 0.2) is 11.2 Å². The molecule has 0 unspecified atom stereocenters. The maximum Gasteiger partial charge on any atom is 0.332 e. The van der Waals surface area contributed by atoms with Crippen molar-refractivity contribution in [3.8, 4) is 5.75 Å². The van der Waals surface area contributed by atoms with Crippen LogP contribution in [0.5, 0.6) is 5.75 Å². The summed E-state index contributed by atoms with van der Waals surface area (Å²) in [6.45, 7) is 5.00. The summed E-state index contributed by atoms with van der Waals surface area (Å²) in [4.78, 5) is 43.8. The average molecular weight is 397 g/mol. The Morgan fingerprint density at radius 1 is 1.17 bits per heavy atom. The maximum atomic E-state index is 13.0. The van der Waals surface area contributed by atoms with E-state index in [1.807, 2.05) is 40.7 Å². The number of benzene rings is 1.